The number of fused-ring (bicyclic) bond motifs is 1. The lowest BCUT2D eigenvalue weighted by atomic mass is 9.96. The largest absolute Gasteiger partial charge is 0.497 e. The molecule has 0 atom stereocenters. The van der Waals surface area contributed by atoms with E-state index in [1.165, 1.54) is 5.56 Å². The van der Waals surface area contributed by atoms with Gasteiger partial charge in [0.1, 0.15) is 5.75 Å². The molecule has 3 heteroatoms. The van der Waals surface area contributed by atoms with E-state index in [2.05, 4.69) is 11.9 Å². The number of benzene rings is 2. The fraction of sp³-hybridized carbons (Fsp3) is 0.250. The van der Waals surface area contributed by atoms with E-state index >= 15 is 0 Å². The van der Waals surface area contributed by atoms with Gasteiger partial charge in [-0.15, -0.1) is 0 Å². The smallest absolute Gasteiger partial charge is 0.256 e. The summed E-state index contributed by atoms with van der Waals surface area (Å²) in [7, 11) is 1.65. The maximum absolute atomic E-state index is 12.4. The van der Waals surface area contributed by atoms with Crippen molar-refractivity contribution in [2.75, 3.05) is 7.11 Å². The van der Waals surface area contributed by atoms with Crippen LogP contribution < -0.4 is 10.3 Å². The minimum atomic E-state index is -0.0355. The number of aryl methyl sites for hydroxylation is 1. The van der Waals surface area contributed by atoms with Gasteiger partial charge in [-0.1, -0.05) is 31.5 Å². The molecule has 0 radical (unpaired) electrons. The molecule has 0 saturated heterocycles. The van der Waals surface area contributed by atoms with Crippen LogP contribution in [-0.2, 0) is 6.42 Å². The van der Waals surface area contributed by atoms with E-state index in [9.17, 15) is 4.79 Å². The van der Waals surface area contributed by atoms with Crippen molar-refractivity contribution in [3.05, 3.63) is 64.4 Å². The first-order valence-electron chi connectivity index (χ1n) is 8.03. The van der Waals surface area contributed by atoms with Gasteiger partial charge in [0.15, 0.2) is 0 Å². The number of rotatable bonds is 5. The van der Waals surface area contributed by atoms with E-state index in [1.54, 1.807) is 7.11 Å². The fourth-order valence-corrected chi connectivity index (χ4v) is 2.95. The Morgan fingerprint density at radius 1 is 1.00 bits per heavy atom. The van der Waals surface area contributed by atoms with E-state index in [0.29, 0.717) is 0 Å². The number of unbranched alkanes of at least 4 members (excludes halogenated alkanes) is 1. The van der Waals surface area contributed by atoms with Crippen LogP contribution in [0.15, 0.2) is 53.3 Å². The van der Waals surface area contributed by atoms with Crippen LogP contribution in [0.4, 0.5) is 0 Å². The van der Waals surface area contributed by atoms with Gasteiger partial charge in [-0.3, -0.25) is 4.79 Å². The van der Waals surface area contributed by atoms with Crippen LogP contribution in [0.5, 0.6) is 5.75 Å². The van der Waals surface area contributed by atoms with E-state index in [-0.39, 0.29) is 5.56 Å². The maximum atomic E-state index is 12.4. The van der Waals surface area contributed by atoms with Crippen LogP contribution in [0.25, 0.3) is 22.0 Å². The first kappa shape index (κ1) is 15.3. The van der Waals surface area contributed by atoms with Crippen molar-refractivity contribution < 1.29 is 4.74 Å². The highest BCUT2D eigenvalue weighted by molar-refractivity contribution is 5.89. The number of hydrogen-bond acceptors (Lipinski definition) is 2. The van der Waals surface area contributed by atoms with Gasteiger partial charge in [0.2, 0.25) is 0 Å². The second-order valence-corrected chi connectivity index (χ2v) is 5.69. The highest BCUT2D eigenvalue weighted by atomic mass is 16.5. The Morgan fingerprint density at radius 2 is 1.70 bits per heavy atom. The van der Waals surface area contributed by atoms with Crippen molar-refractivity contribution in [1.29, 1.82) is 0 Å². The molecular weight excluding hydrogens is 286 g/mol. The monoisotopic (exact) mass is 307 g/mol. The Kier molecular flexibility index (Phi) is 4.47. The lowest BCUT2D eigenvalue weighted by Crippen LogP contribution is -2.11. The number of methoxy groups -OCH3 is 1. The number of aromatic amines is 1. The third kappa shape index (κ3) is 3.00. The van der Waals surface area contributed by atoms with Crippen LogP contribution in [0.2, 0.25) is 0 Å². The van der Waals surface area contributed by atoms with Gasteiger partial charge in [0, 0.05) is 5.39 Å². The highest BCUT2D eigenvalue weighted by Gasteiger charge is 2.12. The molecule has 0 fully saturated rings. The van der Waals surface area contributed by atoms with Crippen LogP contribution >= 0.6 is 0 Å². The number of pyridine rings is 1. The van der Waals surface area contributed by atoms with Gasteiger partial charge in [-0.05, 0) is 59.7 Å². The average molecular weight is 307 g/mol. The molecule has 1 aromatic heterocycles. The molecule has 0 unspecified atom stereocenters. The standard InChI is InChI=1S/C20H21NO2/c1-3-4-7-17-16-8-5-6-9-18(16)20(22)21-19(17)14-10-12-15(23-2)13-11-14/h5-6,8-13H,3-4,7H2,1-2H3,(H,21,22). The van der Waals surface area contributed by atoms with Crippen LogP contribution in [0, 0.1) is 0 Å². The molecule has 0 bridgehead atoms. The summed E-state index contributed by atoms with van der Waals surface area (Å²) in [6.07, 6.45) is 3.17. The summed E-state index contributed by atoms with van der Waals surface area (Å²) in [5.41, 5.74) is 3.11. The molecule has 3 rings (SSSR count). The van der Waals surface area contributed by atoms with Gasteiger partial charge in [-0.2, -0.15) is 0 Å². The zero-order valence-corrected chi connectivity index (χ0v) is 13.6. The van der Waals surface area contributed by atoms with Crippen molar-refractivity contribution in [1.82, 2.24) is 4.98 Å². The predicted octanol–water partition coefficient (Wildman–Crippen LogP) is 4.55. The lowest BCUT2D eigenvalue weighted by Gasteiger charge is -2.13. The van der Waals surface area contributed by atoms with E-state index < -0.39 is 0 Å². The molecule has 1 N–H and O–H groups in total. The number of aromatic nitrogens is 1. The second-order valence-electron chi connectivity index (χ2n) is 5.69. The lowest BCUT2D eigenvalue weighted by molar-refractivity contribution is 0.415. The van der Waals surface area contributed by atoms with Gasteiger partial charge in [-0.25, -0.2) is 0 Å². The molecule has 0 saturated carbocycles. The maximum Gasteiger partial charge on any atom is 0.256 e. The van der Waals surface area contributed by atoms with Gasteiger partial charge < -0.3 is 9.72 Å². The number of nitrogens with one attached hydrogen (secondary N) is 1. The minimum Gasteiger partial charge on any atom is -0.497 e. The minimum absolute atomic E-state index is 0.0355. The fourth-order valence-electron chi connectivity index (χ4n) is 2.95. The zero-order valence-electron chi connectivity index (χ0n) is 13.6. The zero-order chi connectivity index (χ0) is 16.2. The third-order valence-corrected chi connectivity index (χ3v) is 4.20. The number of H-pyrrole nitrogens is 1. The summed E-state index contributed by atoms with van der Waals surface area (Å²) in [5.74, 6) is 0.812. The van der Waals surface area contributed by atoms with Crippen molar-refractivity contribution in [2.45, 2.75) is 26.2 Å². The molecule has 2 aromatic carbocycles. The average Bonchev–Trinajstić information content (AvgIpc) is 2.61. The van der Waals surface area contributed by atoms with Gasteiger partial charge >= 0.3 is 0 Å². The molecule has 0 aliphatic carbocycles. The van der Waals surface area contributed by atoms with Crippen molar-refractivity contribution in [2.24, 2.45) is 0 Å². The summed E-state index contributed by atoms with van der Waals surface area (Å²) in [6.45, 7) is 2.18. The predicted molar refractivity (Wildman–Crippen MR) is 95.2 cm³/mol. The summed E-state index contributed by atoms with van der Waals surface area (Å²) in [4.78, 5) is 15.5. The SMILES string of the molecule is CCCCc1c(-c2ccc(OC)cc2)[nH]c(=O)c2ccccc12. The quantitative estimate of drug-likeness (QED) is 0.751. The molecule has 1 heterocycles. The molecule has 3 aromatic rings. The van der Waals surface area contributed by atoms with Crippen molar-refractivity contribution in [3.63, 3.8) is 0 Å². The molecule has 3 nitrogen and oxygen atoms in total. The Morgan fingerprint density at radius 3 is 2.35 bits per heavy atom. The Balaban J connectivity index is 2.23. The molecule has 0 aliphatic heterocycles. The van der Waals surface area contributed by atoms with Crippen molar-refractivity contribution >= 4 is 10.8 Å². The normalized spacial score (nSPS) is 10.9. The first-order chi connectivity index (χ1) is 11.2. The summed E-state index contributed by atoms with van der Waals surface area (Å²) in [5, 5.41) is 1.81. The summed E-state index contributed by atoms with van der Waals surface area (Å²) < 4.78 is 5.22. The molecule has 0 aliphatic rings. The van der Waals surface area contributed by atoms with Gasteiger partial charge in [0.05, 0.1) is 12.8 Å². The molecular formula is C20H21NO2. The second kappa shape index (κ2) is 6.69. The van der Waals surface area contributed by atoms with Crippen LogP contribution in [-0.4, -0.2) is 12.1 Å². The van der Waals surface area contributed by atoms with Gasteiger partial charge in [0.25, 0.3) is 5.56 Å². The van der Waals surface area contributed by atoms with Crippen LogP contribution in [0.1, 0.15) is 25.3 Å². The summed E-state index contributed by atoms with van der Waals surface area (Å²) >= 11 is 0. The van der Waals surface area contributed by atoms with E-state index in [1.807, 2.05) is 48.5 Å². The van der Waals surface area contributed by atoms with Crippen LogP contribution in [0.3, 0.4) is 0 Å². The topological polar surface area (TPSA) is 42.1 Å². The number of ether oxygens (including phenoxy) is 1. The van der Waals surface area contributed by atoms with E-state index in [0.717, 1.165) is 47.0 Å². The Hall–Kier alpha value is -2.55. The third-order valence-electron chi connectivity index (χ3n) is 4.20. The Bertz CT molecular complexity index is 863. The highest BCUT2D eigenvalue weighted by Crippen LogP contribution is 2.29. The number of hydrogen-bond donors (Lipinski definition) is 1. The molecule has 118 valence electrons. The summed E-state index contributed by atoms with van der Waals surface area (Å²) in [6, 6.07) is 15.7. The molecule has 0 amide bonds. The van der Waals surface area contributed by atoms with Crippen molar-refractivity contribution in [3.8, 4) is 17.0 Å². The Labute approximate surface area is 135 Å². The van der Waals surface area contributed by atoms with E-state index in [4.69, 9.17) is 4.74 Å². The molecule has 0 spiro atoms. The molecule has 23 heavy (non-hydrogen) atoms. The first-order valence-corrected chi connectivity index (χ1v) is 8.03.